The van der Waals surface area contributed by atoms with E-state index in [1.165, 1.54) is 0 Å². The molecule has 0 saturated carbocycles. The van der Waals surface area contributed by atoms with E-state index in [2.05, 4.69) is 35.1 Å². The minimum atomic E-state index is -0.424. The molecule has 150 valence electrons. The molecule has 0 bridgehead atoms. The number of Topliss-reactive ketones (excluding diaryl/α,β-unsaturated/α-hetero) is 1. The van der Waals surface area contributed by atoms with Crippen molar-refractivity contribution in [1.82, 2.24) is 5.32 Å². The zero-order chi connectivity index (χ0) is 20.6. The second-order valence-electron chi connectivity index (χ2n) is 8.58. The summed E-state index contributed by atoms with van der Waals surface area (Å²) in [5, 5.41) is 3.37. The second-order valence-corrected chi connectivity index (χ2v) is 9.43. The number of nitrogens with one attached hydrogen (secondary N) is 1. The molecule has 2 aliphatic rings. The van der Waals surface area contributed by atoms with Crippen LogP contribution in [0.15, 0.2) is 51.3 Å². The van der Waals surface area contributed by atoms with E-state index < -0.39 is 5.92 Å². The van der Waals surface area contributed by atoms with Crippen molar-refractivity contribution in [2.24, 2.45) is 5.41 Å². The number of esters is 1. The summed E-state index contributed by atoms with van der Waals surface area (Å²) >= 11 is 3.62. The molecule has 0 spiro atoms. The lowest BCUT2D eigenvalue weighted by molar-refractivity contribution is -0.144. The van der Waals surface area contributed by atoms with Crippen molar-refractivity contribution in [2.45, 2.75) is 65.9 Å². The molecule has 0 amide bonds. The maximum atomic E-state index is 13.2. The molecule has 5 heteroatoms. The molecule has 4 nitrogen and oxygen atoms in total. The highest BCUT2D eigenvalue weighted by atomic mass is 79.9. The topological polar surface area (TPSA) is 55.4 Å². The van der Waals surface area contributed by atoms with Crippen LogP contribution in [0, 0.1) is 5.41 Å². The van der Waals surface area contributed by atoms with Gasteiger partial charge in [-0.15, -0.1) is 0 Å². The van der Waals surface area contributed by atoms with E-state index in [1.54, 1.807) is 0 Å². The van der Waals surface area contributed by atoms with E-state index in [-0.39, 0.29) is 23.3 Å². The first-order valence-corrected chi connectivity index (χ1v) is 10.6. The number of allylic oxidation sites excluding steroid dienone is 3. The quantitative estimate of drug-likeness (QED) is 0.630. The molecule has 28 heavy (non-hydrogen) atoms. The summed E-state index contributed by atoms with van der Waals surface area (Å²) in [6.45, 7) is 9.98. The van der Waals surface area contributed by atoms with Crippen molar-refractivity contribution in [3.05, 3.63) is 56.8 Å². The van der Waals surface area contributed by atoms with E-state index in [4.69, 9.17) is 4.74 Å². The van der Waals surface area contributed by atoms with Crippen LogP contribution in [-0.2, 0) is 14.3 Å². The first-order chi connectivity index (χ1) is 13.1. The standard InChI is InChI=1S/C23H28BrNO3/c1-6-13(2)28-22(27)19-14(3)25-17-11-23(4,5)12-18(26)21(17)20(19)15-9-7-8-10-16(15)24/h7-10,13,20,25H,6,11-12H2,1-5H3/t13-,20-/m0/s1. The normalized spacial score (nSPS) is 22.5. The molecule has 1 aromatic rings. The van der Waals surface area contributed by atoms with Crippen LogP contribution in [0.25, 0.3) is 0 Å². The molecule has 1 aliphatic carbocycles. The fourth-order valence-corrected chi connectivity index (χ4v) is 4.57. The maximum Gasteiger partial charge on any atom is 0.337 e. The monoisotopic (exact) mass is 445 g/mol. The Labute approximate surface area is 175 Å². The lowest BCUT2D eigenvalue weighted by atomic mass is 9.68. The number of rotatable bonds is 4. The first-order valence-electron chi connectivity index (χ1n) is 9.84. The van der Waals surface area contributed by atoms with Crippen LogP contribution in [0.5, 0.6) is 0 Å². The molecular formula is C23H28BrNO3. The largest absolute Gasteiger partial charge is 0.459 e. The number of benzene rings is 1. The van der Waals surface area contributed by atoms with Gasteiger partial charge in [0.25, 0.3) is 0 Å². The lowest BCUT2D eigenvalue weighted by Crippen LogP contribution is -2.39. The van der Waals surface area contributed by atoms with Crippen LogP contribution in [0.4, 0.5) is 0 Å². The maximum absolute atomic E-state index is 13.2. The average molecular weight is 446 g/mol. The summed E-state index contributed by atoms with van der Waals surface area (Å²) in [5.41, 5.74) is 3.74. The number of dihydropyridines is 1. The Bertz CT molecular complexity index is 882. The van der Waals surface area contributed by atoms with Gasteiger partial charge in [-0.2, -0.15) is 0 Å². The van der Waals surface area contributed by atoms with Crippen molar-refractivity contribution in [2.75, 3.05) is 0 Å². The lowest BCUT2D eigenvalue weighted by Gasteiger charge is -2.39. The number of halogens is 1. The smallest absolute Gasteiger partial charge is 0.337 e. The highest BCUT2D eigenvalue weighted by Gasteiger charge is 2.43. The van der Waals surface area contributed by atoms with Crippen LogP contribution < -0.4 is 5.32 Å². The highest BCUT2D eigenvalue weighted by Crippen LogP contribution is 2.48. The molecule has 1 heterocycles. The Kier molecular flexibility index (Phi) is 5.85. The summed E-state index contributed by atoms with van der Waals surface area (Å²) in [6, 6.07) is 7.79. The molecule has 1 aromatic carbocycles. The van der Waals surface area contributed by atoms with Crippen molar-refractivity contribution >= 4 is 27.7 Å². The zero-order valence-corrected chi connectivity index (χ0v) is 18.8. The minimum Gasteiger partial charge on any atom is -0.459 e. The third-order valence-corrected chi connectivity index (χ3v) is 6.28. The number of ketones is 1. The van der Waals surface area contributed by atoms with Crippen LogP contribution in [0.3, 0.4) is 0 Å². The van der Waals surface area contributed by atoms with Gasteiger partial charge < -0.3 is 10.1 Å². The van der Waals surface area contributed by atoms with E-state index >= 15 is 0 Å². The van der Waals surface area contributed by atoms with Gasteiger partial charge in [-0.05, 0) is 43.7 Å². The minimum absolute atomic E-state index is 0.0980. The molecule has 3 rings (SSSR count). The van der Waals surface area contributed by atoms with Gasteiger partial charge in [0.1, 0.15) is 0 Å². The Morgan fingerprint density at radius 2 is 2.00 bits per heavy atom. The number of hydrogen-bond acceptors (Lipinski definition) is 4. The summed E-state index contributed by atoms with van der Waals surface area (Å²) < 4.78 is 6.55. The van der Waals surface area contributed by atoms with Gasteiger partial charge in [0.05, 0.1) is 11.7 Å². The number of carbonyl (C=O) groups excluding carboxylic acids is 2. The van der Waals surface area contributed by atoms with Crippen molar-refractivity contribution in [1.29, 1.82) is 0 Å². The number of ether oxygens (including phenoxy) is 1. The van der Waals surface area contributed by atoms with E-state index in [0.717, 1.165) is 34.3 Å². The van der Waals surface area contributed by atoms with Crippen molar-refractivity contribution < 1.29 is 14.3 Å². The molecule has 0 saturated heterocycles. The Hall–Kier alpha value is -1.88. The number of carbonyl (C=O) groups is 2. The van der Waals surface area contributed by atoms with E-state index in [1.807, 2.05) is 45.0 Å². The molecule has 0 fully saturated rings. The molecule has 1 N–H and O–H groups in total. The van der Waals surface area contributed by atoms with E-state index in [0.29, 0.717) is 17.6 Å². The molecule has 0 aromatic heterocycles. The van der Waals surface area contributed by atoms with Crippen LogP contribution in [0.1, 0.15) is 65.4 Å². The Morgan fingerprint density at radius 1 is 1.32 bits per heavy atom. The molecule has 2 atom stereocenters. The SMILES string of the molecule is CC[C@H](C)OC(=O)C1=C(C)NC2=C(C(=O)CC(C)(C)C2)[C@H]1c1ccccc1Br. The molecule has 1 aliphatic heterocycles. The fourth-order valence-electron chi connectivity index (χ4n) is 4.06. The summed E-state index contributed by atoms with van der Waals surface area (Å²) in [5.74, 6) is -0.683. The molecular weight excluding hydrogens is 418 g/mol. The van der Waals surface area contributed by atoms with E-state index in [9.17, 15) is 9.59 Å². The average Bonchev–Trinajstić information content (AvgIpc) is 2.59. The Morgan fingerprint density at radius 3 is 2.64 bits per heavy atom. The first kappa shape index (κ1) is 20.8. The predicted molar refractivity (Wildman–Crippen MR) is 114 cm³/mol. The van der Waals surface area contributed by atoms with Crippen LogP contribution in [0.2, 0.25) is 0 Å². The molecule has 0 radical (unpaired) electrons. The highest BCUT2D eigenvalue weighted by molar-refractivity contribution is 9.10. The number of hydrogen-bond donors (Lipinski definition) is 1. The van der Waals surface area contributed by atoms with Crippen LogP contribution >= 0.6 is 15.9 Å². The van der Waals surface area contributed by atoms with Gasteiger partial charge in [-0.3, -0.25) is 4.79 Å². The zero-order valence-electron chi connectivity index (χ0n) is 17.2. The van der Waals surface area contributed by atoms with Crippen LogP contribution in [-0.4, -0.2) is 17.9 Å². The predicted octanol–water partition coefficient (Wildman–Crippen LogP) is 5.39. The van der Waals surface area contributed by atoms with Gasteiger partial charge >= 0.3 is 5.97 Å². The molecule has 0 unspecified atom stereocenters. The van der Waals surface area contributed by atoms with Gasteiger partial charge in [-0.1, -0.05) is 54.9 Å². The summed E-state index contributed by atoms with van der Waals surface area (Å²) in [7, 11) is 0. The van der Waals surface area contributed by atoms with Gasteiger partial charge in [0.2, 0.25) is 0 Å². The van der Waals surface area contributed by atoms with Gasteiger partial charge in [0, 0.05) is 33.8 Å². The fraction of sp³-hybridized carbons (Fsp3) is 0.478. The third-order valence-electron chi connectivity index (χ3n) is 5.56. The third kappa shape index (κ3) is 3.95. The Balaban J connectivity index is 2.16. The van der Waals surface area contributed by atoms with Gasteiger partial charge in [-0.25, -0.2) is 4.79 Å². The summed E-state index contributed by atoms with van der Waals surface area (Å²) in [6.07, 6.45) is 1.82. The van der Waals surface area contributed by atoms with Gasteiger partial charge in [0.15, 0.2) is 5.78 Å². The van der Waals surface area contributed by atoms with Crippen molar-refractivity contribution in [3.63, 3.8) is 0 Å². The summed E-state index contributed by atoms with van der Waals surface area (Å²) in [4.78, 5) is 26.3. The van der Waals surface area contributed by atoms with Crippen molar-refractivity contribution in [3.8, 4) is 0 Å². The second kappa shape index (κ2) is 7.86.